The van der Waals surface area contributed by atoms with Gasteiger partial charge in [-0.15, -0.1) is 11.3 Å². The van der Waals surface area contributed by atoms with E-state index in [4.69, 9.17) is 4.74 Å². The van der Waals surface area contributed by atoms with E-state index in [1.165, 1.54) is 47.7 Å². The highest BCUT2D eigenvalue weighted by Crippen LogP contribution is 2.41. The van der Waals surface area contributed by atoms with Gasteiger partial charge >= 0.3 is 12.1 Å². The molecule has 6 nitrogen and oxygen atoms in total. The number of nitrogens with zero attached hydrogens (tertiary/aromatic N) is 1. The van der Waals surface area contributed by atoms with Crippen molar-refractivity contribution in [2.75, 3.05) is 26.3 Å². The third kappa shape index (κ3) is 5.95. The summed E-state index contributed by atoms with van der Waals surface area (Å²) in [5, 5.41) is 10.6. The Labute approximate surface area is 230 Å². The molecule has 0 radical (unpaired) electrons. The predicted octanol–water partition coefficient (Wildman–Crippen LogP) is 6.40. The number of halogens is 4. The predicted molar refractivity (Wildman–Crippen MR) is 142 cm³/mol. The molecule has 11 heteroatoms. The van der Waals surface area contributed by atoms with Crippen LogP contribution in [0.5, 0.6) is 17.2 Å². The van der Waals surface area contributed by atoms with Gasteiger partial charge in [0.15, 0.2) is 5.78 Å². The van der Waals surface area contributed by atoms with Gasteiger partial charge in [-0.25, -0.2) is 4.79 Å². The number of phenolic OH excluding ortho intramolecular Hbond substituents is 1. The second-order valence-electron chi connectivity index (χ2n) is 9.29. The van der Waals surface area contributed by atoms with Crippen molar-refractivity contribution < 1.29 is 41.7 Å². The molecule has 40 heavy (non-hydrogen) atoms. The number of hydrogen-bond donors (Lipinski definition) is 1. The van der Waals surface area contributed by atoms with Gasteiger partial charge in [-0.2, -0.15) is 13.2 Å². The minimum atomic E-state index is -5.12. The maximum absolute atomic E-state index is 13.7. The number of hydrogen-bond acceptors (Lipinski definition) is 7. The largest absolute Gasteiger partial charge is 0.508 e. The van der Waals surface area contributed by atoms with Gasteiger partial charge in [-0.3, -0.25) is 14.1 Å². The minimum Gasteiger partial charge on any atom is -0.508 e. The Morgan fingerprint density at radius 1 is 0.975 bits per heavy atom. The molecule has 0 aliphatic carbocycles. The van der Waals surface area contributed by atoms with Crippen molar-refractivity contribution in [3.63, 3.8) is 0 Å². The first kappa shape index (κ1) is 27.6. The highest BCUT2D eigenvalue weighted by Gasteiger charge is 2.41. The van der Waals surface area contributed by atoms with Crippen LogP contribution in [0, 0.1) is 0 Å². The zero-order chi connectivity index (χ0) is 28.4. The first-order valence-corrected chi connectivity index (χ1v) is 13.2. The number of ether oxygens (including phenoxy) is 2. The number of thiophene rings is 1. The fourth-order valence-electron chi connectivity index (χ4n) is 4.44. The van der Waals surface area contributed by atoms with Crippen molar-refractivity contribution in [2.24, 2.45) is 0 Å². The summed E-state index contributed by atoms with van der Waals surface area (Å²) >= 11 is 1.24. The second kappa shape index (κ2) is 11.3. The average Bonchev–Trinajstić information content (AvgIpc) is 3.28. The molecule has 3 aromatic carbocycles. The zero-order valence-corrected chi connectivity index (χ0v) is 21.7. The number of alkyl halides is 4. The van der Waals surface area contributed by atoms with E-state index < -0.39 is 12.1 Å². The number of ketones is 1. The molecule has 4 aromatic rings. The molecule has 5 rings (SSSR count). The molecule has 208 valence electrons. The fourth-order valence-corrected chi connectivity index (χ4v) is 5.68. The van der Waals surface area contributed by atoms with Crippen LogP contribution in [0.4, 0.5) is 17.6 Å². The molecule has 1 N–H and O–H groups in total. The van der Waals surface area contributed by atoms with Gasteiger partial charge < -0.3 is 14.6 Å². The Kier molecular flexibility index (Phi) is 7.77. The molecule has 0 spiro atoms. The smallest absolute Gasteiger partial charge is 0.491 e. The van der Waals surface area contributed by atoms with Crippen LogP contribution in [-0.4, -0.2) is 60.3 Å². The average molecular weight is 574 g/mol. The van der Waals surface area contributed by atoms with Gasteiger partial charge in [0.05, 0.1) is 6.67 Å². The monoisotopic (exact) mass is 573 g/mol. The van der Waals surface area contributed by atoms with E-state index in [0.29, 0.717) is 63.5 Å². The first-order valence-electron chi connectivity index (χ1n) is 12.4. The summed E-state index contributed by atoms with van der Waals surface area (Å²) in [6.45, 7) is 1.78. The molecule has 0 amide bonds. The van der Waals surface area contributed by atoms with Gasteiger partial charge in [0.2, 0.25) is 0 Å². The third-order valence-corrected chi connectivity index (χ3v) is 7.61. The lowest BCUT2D eigenvalue weighted by Gasteiger charge is -2.38. The highest BCUT2D eigenvalue weighted by atomic mass is 32.1. The Bertz CT molecular complexity index is 1530. The van der Waals surface area contributed by atoms with Crippen LogP contribution < -0.4 is 9.47 Å². The topological polar surface area (TPSA) is 76.1 Å². The summed E-state index contributed by atoms with van der Waals surface area (Å²) in [5.74, 6) is -2.27. The van der Waals surface area contributed by atoms with Gasteiger partial charge in [-0.1, -0.05) is 0 Å². The number of rotatable bonds is 9. The van der Waals surface area contributed by atoms with E-state index >= 15 is 0 Å². The Hall–Kier alpha value is -3.96. The lowest BCUT2D eigenvalue weighted by molar-refractivity contribution is -0.189. The van der Waals surface area contributed by atoms with Gasteiger partial charge in [-0.05, 0) is 78.7 Å². The maximum atomic E-state index is 13.7. The summed E-state index contributed by atoms with van der Waals surface area (Å²) in [7, 11) is 0. The molecular formula is C29H23F4NO5S. The number of likely N-dealkylation sites (tertiary alicyclic amines) is 1. The number of carbonyl (C=O) groups is 2. The third-order valence-electron chi connectivity index (χ3n) is 6.41. The van der Waals surface area contributed by atoms with E-state index in [0.717, 1.165) is 0 Å². The Morgan fingerprint density at radius 2 is 1.65 bits per heavy atom. The van der Waals surface area contributed by atoms with Crippen LogP contribution in [0.3, 0.4) is 0 Å². The summed E-state index contributed by atoms with van der Waals surface area (Å²) in [5.41, 5.74) is 1.30. The molecule has 0 unspecified atom stereocenters. The number of phenols is 1. The van der Waals surface area contributed by atoms with Crippen molar-refractivity contribution in [3.8, 4) is 27.7 Å². The van der Waals surface area contributed by atoms with E-state index in [1.54, 1.807) is 30.3 Å². The van der Waals surface area contributed by atoms with Crippen LogP contribution in [-0.2, 0) is 4.79 Å². The number of fused-ring (bicyclic) bond motifs is 1. The molecule has 2 heterocycles. The number of benzene rings is 3. The molecular weight excluding hydrogens is 550 g/mol. The first-order chi connectivity index (χ1) is 19.1. The Balaban J connectivity index is 1.38. The SMILES string of the molecule is O=C(c1ccc(OC2CN(CCCF)C2)cc1)c1c(-c2ccc(OC(=O)C(F)(F)F)cc2)sc2cc(O)ccc12. The van der Waals surface area contributed by atoms with Crippen LogP contribution in [0.15, 0.2) is 66.7 Å². The van der Waals surface area contributed by atoms with E-state index in [2.05, 4.69) is 9.64 Å². The number of aromatic hydroxyl groups is 1. The molecule has 1 aliphatic heterocycles. The molecule has 0 atom stereocenters. The number of esters is 1. The van der Waals surface area contributed by atoms with Crippen LogP contribution in [0.1, 0.15) is 22.3 Å². The van der Waals surface area contributed by atoms with Crippen molar-refractivity contribution in [1.82, 2.24) is 4.90 Å². The van der Waals surface area contributed by atoms with Gasteiger partial charge in [0.1, 0.15) is 23.4 Å². The second-order valence-corrected chi connectivity index (χ2v) is 10.3. The van der Waals surface area contributed by atoms with E-state index in [1.807, 2.05) is 0 Å². The maximum Gasteiger partial charge on any atom is 0.491 e. The van der Waals surface area contributed by atoms with Crippen molar-refractivity contribution >= 4 is 33.2 Å². The molecule has 1 aromatic heterocycles. The standard InChI is InChI=1S/C29H23F4NO5S/c30-12-1-13-34-15-22(16-34)38-20-7-2-17(3-8-20)26(36)25-23-11-6-19(35)14-24(23)40-27(25)18-4-9-21(10-5-18)39-28(37)29(31,32)33/h2-11,14,22,35H,1,12-13,15-16H2. The summed E-state index contributed by atoms with van der Waals surface area (Å²) in [6, 6.07) is 16.8. The Morgan fingerprint density at radius 3 is 2.30 bits per heavy atom. The summed E-state index contributed by atoms with van der Waals surface area (Å²) in [4.78, 5) is 27.5. The molecule has 1 aliphatic rings. The number of carbonyl (C=O) groups excluding carboxylic acids is 2. The summed E-state index contributed by atoms with van der Waals surface area (Å²) < 4.78 is 60.9. The van der Waals surface area contributed by atoms with E-state index in [9.17, 15) is 32.3 Å². The lowest BCUT2D eigenvalue weighted by Crippen LogP contribution is -2.53. The van der Waals surface area contributed by atoms with Crippen molar-refractivity contribution in [2.45, 2.75) is 18.7 Å². The van der Waals surface area contributed by atoms with Gasteiger partial charge in [0.25, 0.3) is 0 Å². The van der Waals surface area contributed by atoms with Crippen LogP contribution >= 0.6 is 11.3 Å². The lowest BCUT2D eigenvalue weighted by atomic mass is 9.97. The minimum absolute atomic E-state index is 0.000336. The fraction of sp³-hybridized carbons (Fsp3) is 0.241. The quantitative estimate of drug-likeness (QED) is 0.108. The van der Waals surface area contributed by atoms with Crippen LogP contribution in [0.25, 0.3) is 20.5 Å². The molecule has 0 bridgehead atoms. The van der Waals surface area contributed by atoms with Gasteiger partial charge in [0, 0.05) is 45.7 Å². The highest BCUT2D eigenvalue weighted by molar-refractivity contribution is 7.22. The molecule has 0 saturated carbocycles. The van der Waals surface area contributed by atoms with Crippen LogP contribution in [0.2, 0.25) is 0 Å². The molecule has 1 fully saturated rings. The molecule has 1 saturated heterocycles. The van der Waals surface area contributed by atoms with E-state index in [-0.39, 0.29) is 30.1 Å². The normalized spacial score (nSPS) is 14.2. The van der Waals surface area contributed by atoms with Crippen molar-refractivity contribution in [3.05, 3.63) is 77.9 Å². The zero-order valence-electron chi connectivity index (χ0n) is 20.9. The van der Waals surface area contributed by atoms with Crippen molar-refractivity contribution in [1.29, 1.82) is 0 Å². The summed E-state index contributed by atoms with van der Waals surface area (Å²) in [6.07, 6.45) is -4.63.